The van der Waals surface area contributed by atoms with E-state index in [1.807, 2.05) is 18.2 Å². The molecule has 1 N–H and O–H groups in total. The van der Waals surface area contributed by atoms with Crippen molar-refractivity contribution in [3.63, 3.8) is 0 Å². The summed E-state index contributed by atoms with van der Waals surface area (Å²) in [5.74, 6) is -0.0407. The zero-order valence-electron chi connectivity index (χ0n) is 21.7. The Morgan fingerprint density at radius 3 is 2.43 bits per heavy atom. The lowest BCUT2D eigenvalue weighted by Crippen LogP contribution is -2.49. The maximum Gasteiger partial charge on any atom is 0.255 e. The zero-order valence-corrected chi connectivity index (χ0v) is 21.7. The van der Waals surface area contributed by atoms with Crippen LogP contribution in [0.25, 0.3) is 0 Å². The van der Waals surface area contributed by atoms with Gasteiger partial charge < -0.3 is 15.1 Å². The number of carbonyl (C=O) groups is 3. The van der Waals surface area contributed by atoms with Crippen molar-refractivity contribution < 1.29 is 14.4 Å². The van der Waals surface area contributed by atoms with Gasteiger partial charge in [0.15, 0.2) is 0 Å². The number of nitrogens with one attached hydrogen (secondary N) is 1. The molecule has 3 aliphatic heterocycles. The van der Waals surface area contributed by atoms with Crippen molar-refractivity contribution in [1.82, 2.24) is 20.0 Å². The Labute approximate surface area is 219 Å². The van der Waals surface area contributed by atoms with Crippen LogP contribution < -0.4 is 5.32 Å². The molecule has 3 heterocycles. The smallest absolute Gasteiger partial charge is 0.255 e. The number of aryl methyl sites for hydroxylation is 1. The van der Waals surface area contributed by atoms with Crippen molar-refractivity contribution >= 4 is 17.6 Å². The van der Waals surface area contributed by atoms with E-state index >= 15 is 0 Å². The Bertz CT molecular complexity index is 1200. The van der Waals surface area contributed by atoms with E-state index in [9.17, 15) is 14.4 Å². The van der Waals surface area contributed by atoms with Gasteiger partial charge in [-0.3, -0.25) is 19.3 Å². The van der Waals surface area contributed by atoms with Gasteiger partial charge in [0.25, 0.3) is 5.91 Å². The average Bonchev–Trinajstić information content (AvgIpc) is 3.20. The first-order valence-electron chi connectivity index (χ1n) is 13.3. The molecule has 0 saturated carbocycles. The fourth-order valence-electron chi connectivity index (χ4n) is 5.49. The highest BCUT2D eigenvalue weighted by Gasteiger charge is 2.38. The first kappa shape index (κ1) is 25.4. The molecule has 2 amide bonds. The van der Waals surface area contributed by atoms with Crippen LogP contribution in [0.15, 0.2) is 54.7 Å². The summed E-state index contributed by atoms with van der Waals surface area (Å²) in [6, 6.07) is 13.8. The van der Waals surface area contributed by atoms with E-state index in [1.54, 1.807) is 4.90 Å². The summed E-state index contributed by atoms with van der Waals surface area (Å²) in [6.45, 7) is 9.62. The monoisotopic (exact) mass is 500 g/mol. The van der Waals surface area contributed by atoms with Crippen LogP contribution in [0, 0.1) is 0 Å². The van der Waals surface area contributed by atoms with Gasteiger partial charge in [0.1, 0.15) is 11.8 Å². The van der Waals surface area contributed by atoms with Crippen LogP contribution in [0.5, 0.6) is 0 Å². The molecule has 7 heteroatoms. The highest BCUT2D eigenvalue weighted by atomic mass is 16.2. The summed E-state index contributed by atoms with van der Waals surface area (Å²) in [5.41, 5.74) is 5.69. The summed E-state index contributed by atoms with van der Waals surface area (Å²) in [7, 11) is 2.17. The molecule has 3 aliphatic rings. The van der Waals surface area contributed by atoms with Crippen molar-refractivity contribution in [2.24, 2.45) is 0 Å². The predicted molar refractivity (Wildman–Crippen MR) is 143 cm³/mol. The number of hydrogen-bond donors (Lipinski definition) is 1. The fraction of sp³-hybridized carbons (Fsp3) is 0.433. The lowest BCUT2D eigenvalue weighted by atomic mass is 9.99. The molecule has 2 aromatic rings. The maximum absolute atomic E-state index is 12.9. The molecule has 2 aromatic carbocycles. The van der Waals surface area contributed by atoms with Crippen molar-refractivity contribution in [3.8, 4) is 0 Å². The third-order valence-corrected chi connectivity index (χ3v) is 7.82. The van der Waals surface area contributed by atoms with E-state index < -0.39 is 6.04 Å². The standard InChI is InChI=1S/C30H36N4O3/c1-21-3-12-28(29(36)31-21)34-20-25-17-22(9-11-27(25)30(34)37)8-10-26(35)18-23-4-6-24(7-5-23)19-33-15-13-32(2)14-16-33/h4-7,9,11,17,28H,1,3,8,10,12-16,18-20H2,2H3,(H,31,36). The quantitative estimate of drug-likeness (QED) is 0.604. The second kappa shape index (κ2) is 11.0. The molecule has 0 bridgehead atoms. The largest absolute Gasteiger partial charge is 0.329 e. The number of carbonyl (C=O) groups excluding carboxylic acids is 3. The molecule has 194 valence electrons. The summed E-state index contributed by atoms with van der Waals surface area (Å²) >= 11 is 0. The van der Waals surface area contributed by atoms with Crippen LogP contribution in [0.1, 0.15) is 51.9 Å². The van der Waals surface area contributed by atoms with Gasteiger partial charge in [0.2, 0.25) is 5.91 Å². The van der Waals surface area contributed by atoms with Crippen LogP contribution in [-0.2, 0) is 35.5 Å². The number of piperidine rings is 1. The van der Waals surface area contributed by atoms with Crippen LogP contribution >= 0.6 is 0 Å². The van der Waals surface area contributed by atoms with Crippen molar-refractivity contribution in [3.05, 3.63) is 82.6 Å². The minimum Gasteiger partial charge on any atom is -0.329 e. The Hall–Kier alpha value is -3.29. The van der Waals surface area contributed by atoms with Gasteiger partial charge in [0, 0.05) is 63.4 Å². The van der Waals surface area contributed by atoms with Gasteiger partial charge in [-0.05, 0) is 54.6 Å². The number of benzene rings is 2. The second-order valence-corrected chi connectivity index (χ2v) is 10.7. The van der Waals surface area contributed by atoms with E-state index in [4.69, 9.17) is 0 Å². The van der Waals surface area contributed by atoms with E-state index in [1.165, 1.54) is 5.56 Å². The highest BCUT2D eigenvalue weighted by molar-refractivity contribution is 6.01. The number of likely N-dealkylation sites (N-methyl/N-ethyl adjacent to an activating group) is 1. The third kappa shape index (κ3) is 6.00. The number of allylic oxidation sites excluding steroid dienone is 1. The van der Waals surface area contributed by atoms with E-state index in [2.05, 4.69) is 53.0 Å². The number of piperazine rings is 1. The number of hydrogen-bond acceptors (Lipinski definition) is 5. The van der Waals surface area contributed by atoms with Crippen LogP contribution in [0.2, 0.25) is 0 Å². The number of nitrogens with zero attached hydrogens (tertiary/aromatic N) is 3. The molecule has 0 spiro atoms. The van der Waals surface area contributed by atoms with Crippen molar-refractivity contribution in [2.45, 2.75) is 51.2 Å². The molecule has 0 aliphatic carbocycles. The Morgan fingerprint density at radius 2 is 1.70 bits per heavy atom. The summed E-state index contributed by atoms with van der Waals surface area (Å²) in [6.07, 6.45) is 2.83. The first-order valence-corrected chi connectivity index (χ1v) is 13.3. The van der Waals surface area contributed by atoms with Crippen LogP contribution in [0.4, 0.5) is 0 Å². The van der Waals surface area contributed by atoms with Gasteiger partial charge in [-0.1, -0.05) is 43.0 Å². The molecular weight excluding hydrogens is 464 g/mol. The van der Waals surface area contributed by atoms with E-state index in [-0.39, 0.29) is 17.6 Å². The molecule has 7 nitrogen and oxygen atoms in total. The van der Waals surface area contributed by atoms with E-state index in [0.717, 1.165) is 49.4 Å². The van der Waals surface area contributed by atoms with Crippen LogP contribution in [-0.4, -0.2) is 71.6 Å². The zero-order chi connectivity index (χ0) is 25.9. The molecule has 2 saturated heterocycles. The molecule has 0 aromatic heterocycles. The average molecular weight is 501 g/mol. The number of amides is 2. The minimum absolute atomic E-state index is 0.0960. The molecule has 5 rings (SSSR count). The van der Waals surface area contributed by atoms with Gasteiger partial charge in [-0.15, -0.1) is 0 Å². The van der Waals surface area contributed by atoms with Gasteiger partial charge >= 0.3 is 0 Å². The minimum atomic E-state index is -0.455. The molecule has 2 fully saturated rings. The van der Waals surface area contributed by atoms with Crippen molar-refractivity contribution in [2.75, 3.05) is 33.2 Å². The second-order valence-electron chi connectivity index (χ2n) is 10.7. The first-order chi connectivity index (χ1) is 17.9. The van der Waals surface area contributed by atoms with Gasteiger partial charge in [-0.2, -0.15) is 0 Å². The normalized spacial score (nSPS) is 20.7. The van der Waals surface area contributed by atoms with Gasteiger partial charge in [-0.25, -0.2) is 0 Å². The molecular formula is C30H36N4O3. The summed E-state index contributed by atoms with van der Waals surface area (Å²) in [4.78, 5) is 44.5. The van der Waals surface area contributed by atoms with E-state index in [0.29, 0.717) is 49.9 Å². The Morgan fingerprint density at radius 1 is 1.00 bits per heavy atom. The molecule has 1 atom stereocenters. The Balaban J connectivity index is 1.11. The predicted octanol–water partition coefficient (Wildman–Crippen LogP) is 2.93. The fourth-order valence-corrected chi connectivity index (χ4v) is 5.49. The Kier molecular flexibility index (Phi) is 7.53. The molecule has 0 radical (unpaired) electrons. The topological polar surface area (TPSA) is 73.0 Å². The lowest BCUT2D eigenvalue weighted by Gasteiger charge is -2.32. The SMILES string of the molecule is C=C1CCC(N2Cc3cc(CCC(=O)Cc4ccc(CN5CCN(C)CC5)cc4)ccc3C2=O)C(=O)N1. The molecule has 1 unspecified atom stereocenters. The molecule has 37 heavy (non-hydrogen) atoms. The van der Waals surface area contributed by atoms with Crippen molar-refractivity contribution in [1.29, 1.82) is 0 Å². The number of rotatable bonds is 8. The third-order valence-electron chi connectivity index (χ3n) is 7.82. The highest BCUT2D eigenvalue weighted by Crippen LogP contribution is 2.29. The number of Topliss-reactive ketones (excluding diaryl/α,β-unsaturated/α-hetero) is 1. The summed E-state index contributed by atoms with van der Waals surface area (Å²) in [5, 5.41) is 2.77. The maximum atomic E-state index is 12.9. The number of fused-ring (bicyclic) bond motifs is 1. The van der Waals surface area contributed by atoms with Crippen LogP contribution in [0.3, 0.4) is 0 Å². The van der Waals surface area contributed by atoms with Gasteiger partial charge in [0.05, 0.1) is 0 Å². The summed E-state index contributed by atoms with van der Waals surface area (Å²) < 4.78 is 0. The number of ketones is 1. The lowest BCUT2D eigenvalue weighted by molar-refractivity contribution is -0.126.